The number of nitrogens with one attached hydrogen (secondary N) is 2. The standard InChI is InChI=1S/C10H20N2O3/c1-2-3-4-6-11-10(15)8-12-9(14)5-7-13/h13H,2-8H2,1H3,(H,11,15)(H,12,14). The van der Waals surface area contributed by atoms with Crippen LogP contribution in [-0.2, 0) is 9.59 Å². The van der Waals surface area contributed by atoms with E-state index in [1.165, 1.54) is 0 Å². The summed E-state index contributed by atoms with van der Waals surface area (Å²) in [6.45, 7) is 2.55. The first-order valence-corrected chi connectivity index (χ1v) is 5.35. The van der Waals surface area contributed by atoms with Crippen LogP contribution in [0.15, 0.2) is 0 Å². The normalized spacial score (nSPS) is 9.73. The summed E-state index contributed by atoms with van der Waals surface area (Å²) >= 11 is 0. The number of carbonyl (C=O) groups excluding carboxylic acids is 2. The zero-order valence-electron chi connectivity index (χ0n) is 9.21. The van der Waals surface area contributed by atoms with Crippen LogP contribution in [0.5, 0.6) is 0 Å². The minimum Gasteiger partial charge on any atom is -0.396 e. The molecule has 0 aromatic carbocycles. The molecule has 0 unspecified atom stereocenters. The van der Waals surface area contributed by atoms with Crippen LogP contribution in [0.2, 0.25) is 0 Å². The molecule has 0 saturated carbocycles. The van der Waals surface area contributed by atoms with Gasteiger partial charge in [0.25, 0.3) is 0 Å². The highest BCUT2D eigenvalue weighted by atomic mass is 16.3. The molecule has 0 atom stereocenters. The van der Waals surface area contributed by atoms with E-state index >= 15 is 0 Å². The summed E-state index contributed by atoms with van der Waals surface area (Å²) in [4.78, 5) is 22.0. The predicted molar refractivity (Wildman–Crippen MR) is 57.2 cm³/mol. The van der Waals surface area contributed by atoms with Crippen molar-refractivity contribution in [3.8, 4) is 0 Å². The van der Waals surface area contributed by atoms with Crippen LogP contribution in [0.1, 0.15) is 32.6 Å². The Kier molecular flexibility index (Phi) is 8.76. The summed E-state index contributed by atoms with van der Waals surface area (Å²) in [5, 5.41) is 13.6. The van der Waals surface area contributed by atoms with Crippen molar-refractivity contribution in [3.63, 3.8) is 0 Å². The number of aliphatic hydroxyl groups is 1. The summed E-state index contributed by atoms with van der Waals surface area (Å²) < 4.78 is 0. The minimum absolute atomic E-state index is 0.00897. The lowest BCUT2D eigenvalue weighted by molar-refractivity contribution is -0.126. The van der Waals surface area contributed by atoms with Crippen LogP contribution in [0.25, 0.3) is 0 Å². The minimum atomic E-state index is -0.304. The second-order valence-corrected chi connectivity index (χ2v) is 3.31. The summed E-state index contributed by atoms with van der Waals surface area (Å²) in [5.74, 6) is -0.487. The van der Waals surface area contributed by atoms with Crippen molar-refractivity contribution in [3.05, 3.63) is 0 Å². The first-order chi connectivity index (χ1) is 7.20. The molecule has 0 aliphatic carbocycles. The van der Waals surface area contributed by atoms with Crippen LogP contribution in [0.4, 0.5) is 0 Å². The van der Waals surface area contributed by atoms with Crippen molar-refractivity contribution < 1.29 is 14.7 Å². The Morgan fingerprint density at radius 1 is 1.13 bits per heavy atom. The highest BCUT2D eigenvalue weighted by Gasteiger charge is 2.03. The van der Waals surface area contributed by atoms with Gasteiger partial charge in [-0.25, -0.2) is 0 Å². The van der Waals surface area contributed by atoms with Gasteiger partial charge in [0.05, 0.1) is 13.2 Å². The molecule has 0 aliphatic rings. The molecule has 0 aromatic heterocycles. The van der Waals surface area contributed by atoms with Crippen molar-refractivity contribution in [1.82, 2.24) is 10.6 Å². The largest absolute Gasteiger partial charge is 0.396 e. The lowest BCUT2D eigenvalue weighted by Crippen LogP contribution is -2.37. The molecule has 0 saturated heterocycles. The Labute approximate surface area is 90.2 Å². The van der Waals surface area contributed by atoms with Gasteiger partial charge in [0.2, 0.25) is 11.8 Å². The third-order valence-electron chi connectivity index (χ3n) is 1.89. The van der Waals surface area contributed by atoms with E-state index in [-0.39, 0.29) is 31.4 Å². The Balaban J connectivity index is 3.36. The Morgan fingerprint density at radius 2 is 1.87 bits per heavy atom. The molecule has 5 nitrogen and oxygen atoms in total. The molecule has 0 aliphatic heterocycles. The average Bonchev–Trinajstić information content (AvgIpc) is 2.22. The van der Waals surface area contributed by atoms with E-state index in [4.69, 9.17) is 5.11 Å². The average molecular weight is 216 g/mol. The quantitative estimate of drug-likeness (QED) is 0.491. The van der Waals surface area contributed by atoms with Gasteiger partial charge in [-0.3, -0.25) is 9.59 Å². The molecule has 3 N–H and O–H groups in total. The lowest BCUT2D eigenvalue weighted by atomic mass is 10.2. The monoisotopic (exact) mass is 216 g/mol. The number of carbonyl (C=O) groups is 2. The fourth-order valence-corrected chi connectivity index (χ4v) is 1.03. The van der Waals surface area contributed by atoms with Crippen molar-refractivity contribution in [2.45, 2.75) is 32.6 Å². The van der Waals surface area contributed by atoms with E-state index in [1.54, 1.807) is 0 Å². The zero-order chi connectivity index (χ0) is 11.5. The van der Waals surface area contributed by atoms with Crippen molar-refractivity contribution >= 4 is 11.8 Å². The van der Waals surface area contributed by atoms with Gasteiger partial charge >= 0.3 is 0 Å². The molecule has 5 heteroatoms. The molecule has 0 spiro atoms. The molecule has 88 valence electrons. The summed E-state index contributed by atoms with van der Waals surface area (Å²) in [7, 11) is 0. The second kappa shape index (κ2) is 9.45. The van der Waals surface area contributed by atoms with Crippen LogP contribution in [-0.4, -0.2) is 36.6 Å². The maximum atomic E-state index is 11.1. The van der Waals surface area contributed by atoms with Crippen molar-refractivity contribution in [1.29, 1.82) is 0 Å². The number of rotatable bonds is 8. The number of hydrogen-bond acceptors (Lipinski definition) is 3. The van der Waals surface area contributed by atoms with Gasteiger partial charge in [0.15, 0.2) is 0 Å². The van der Waals surface area contributed by atoms with Gasteiger partial charge in [-0.15, -0.1) is 0 Å². The first kappa shape index (κ1) is 13.9. The molecule has 0 heterocycles. The Morgan fingerprint density at radius 3 is 2.47 bits per heavy atom. The molecule has 0 fully saturated rings. The fraction of sp³-hybridized carbons (Fsp3) is 0.800. The number of amides is 2. The van der Waals surface area contributed by atoms with Crippen molar-refractivity contribution in [2.75, 3.05) is 19.7 Å². The zero-order valence-corrected chi connectivity index (χ0v) is 9.21. The number of unbranched alkanes of at least 4 members (excludes halogenated alkanes) is 2. The van der Waals surface area contributed by atoms with Crippen LogP contribution in [0, 0.1) is 0 Å². The third kappa shape index (κ3) is 9.21. The molecule has 15 heavy (non-hydrogen) atoms. The third-order valence-corrected chi connectivity index (χ3v) is 1.89. The van der Waals surface area contributed by atoms with E-state index < -0.39 is 0 Å². The Hall–Kier alpha value is -1.10. The lowest BCUT2D eigenvalue weighted by Gasteiger charge is -2.05. The molecule has 0 aromatic rings. The van der Waals surface area contributed by atoms with Crippen LogP contribution >= 0.6 is 0 Å². The van der Waals surface area contributed by atoms with E-state index in [1.807, 2.05) is 0 Å². The van der Waals surface area contributed by atoms with Crippen LogP contribution < -0.4 is 10.6 Å². The summed E-state index contributed by atoms with van der Waals surface area (Å²) in [6.07, 6.45) is 3.22. The van der Waals surface area contributed by atoms with Crippen LogP contribution in [0.3, 0.4) is 0 Å². The molecule has 0 radical (unpaired) electrons. The fourth-order valence-electron chi connectivity index (χ4n) is 1.03. The maximum Gasteiger partial charge on any atom is 0.239 e. The molecular weight excluding hydrogens is 196 g/mol. The van der Waals surface area contributed by atoms with Gasteiger partial charge < -0.3 is 15.7 Å². The van der Waals surface area contributed by atoms with Gasteiger partial charge in [-0.05, 0) is 6.42 Å². The predicted octanol–water partition coefficient (Wildman–Crippen LogP) is -0.209. The van der Waals surface area contributed by atoms with E-state index in [9.17, 15) is 9.59 Å². The topological polar surface area (TPSA) is 78.4 Å². The summed E-state index contributed by atoms with van der Waals surface area (Å²) in [6, 6.07) is 0. The number of hydrogen-bond donors (Lipinski definition) is 3. The highest BCUT2D eigenvalue weighted by molar-refractivity contribution is 5.84. The van der Waals surface area contributed by atoms with Gasteiger partial charge in [0.1, 0.15) is 0 Å². The SMILES string of the molecule is CCCCCNC(=O)CNC(=O)CCO. The van der Waals surface area contributed by atoms with E-state index in [2.05, 4.69) is 17.6 Å². The van der Waals surface area contributed by atoms with E-state index in [0.29, 0.717) is 6.54 Å². The summed E-state index contributed by atoms with van der Waals surface area (Å²) in [5.41, 5.74) is 0. The smallest absolute Gasteiger partial charge is 0.239 e. The Bertz CT molecular complexity index is 195. The van der Waals surface area contributed by atoms with Gasteiger partial charge in [-0.1, -0.05) is 19.8 Å². The van der Waals surface area contributed by atoms with Crippen molar-refractivity contribution in [2.24, 2.45) is 0 Å². The molecule has 0 bridgehead atoms. The van der Waals surface area contributed by atoms with Gasteiger partial charge in [0, 0.05) is 13.0 Å². The highest BCUT2D eigenvalue weighted by Crippen LogP contribution is 1.90. The molecule has 0 rings (SSSR count). The molecular formula is C10H20N2O3. The second-order valence-electron chi connectivity index (χ2n) is 3.31. The first-order valence-electron chi connectivity index (χ1n) is 5.35. The number of aliphatic hydroxyl groups excluding tert-OH is 1. The maximum absolute atomic E-state index is 11.1. The van der Waals surface area contributed by atoms with Gasteiger partial charge in [-0.2, -0.15) is 0 Å². The molecule has 2 amide bonds. The van der Waals surface area contributed by atoms with E-state index in [0.717, 1.165) is 19.3 Å².